The van der Waals surface area contributed by atoms with Crippen LogP contribution in [0.3, 0.4) is 0 Å². The van der Waals surface area contributed by atoms with Crippen LogP contribution in [-0.2, 0) is 0 Å². The fourth-order valence-corrected chi connectivity index (χ4v) is 2.27. The van der Waals surface area contributed by atoms with Crippen molar-refractivity contribution in [3.63, 3.8) is 0 Å². The van der Waals surface area contributed by atoms with Gasteiger partial charge in [-0.3, -0.25) is 14.9 Å². The lowest BCUT2D eigenvalue weighted by Crippen LogP contribution is -2.20. The van der Waals surface area contributed by atoms with Crippen molar-refractivity contribution in [2.75, 3.05) is 5.32 Å². The van der Waals surface area contributed by atoms with Gasteiger partial charge in [0.25, 0.3) is 11.6 Å². The Morgan fingerprint density at radius 2 is 2.06 bits per heavy atom. The molecule has 3 N–H and O–H groups in total. The number of non-ortho nitro benzene ring substituents is 1. The lowest BCUT2D eigenvalue weighted by molar-refractivity contribution is -0.384. The molecule has 18 heavy (non-hydrogen) atoms. The molecule has 6 nitrogen and oxygen atoms in total. The summed E-state index contributed by atoms with van der Waals surface area (Å²) >= 11 is 0. The maximum Gasteiger partial charge on any atom is 0.270 e. The highest BCUT2D eigenvalue weighted by atomic mass is 16.6. The van der Waals surface area contributed by atoms with Gasteiger partial charge in [0.2, 0.25) is 0 Å². The molecule has 1 amide bonds. The van der Waals surface area contributed by atoms with E-state index in [-0.39, 0.29) is 11.3 Å². The Morgan fingerprint density at radius 1 is 1.39 bits per heavy atom. The average molecular weight is 249 g/mol. The van der Waals surface area contributed by atoms with Crippen molar-refractivity contribution in [2.45, 2.75) is 31.7 Å². The molecule has 6 heteroatoms. The number of benzene rings is 1. The van der Waals surface area contributed by atoms with Crippen LogP contribution in [0.1, 0.15) is 36.0 Å². The van der Waals surface area contributed by atoms with E-state index in [1.807, 2.05) is 0 Å². The van der Waals surface area contributed by atoms with E-state index < -0.39 is 10.8 Å². The zero-order valence-corrected chi connectivity index (χ0v) is 9.89. The van der Waals surface area contributed by atoms with E-state index >= 15 is 0 Å². The van der Waals surface area contributed by atoms with Gasteiger partial charge < -0.3 is 11.1 Å². The van der Waals surface area contributed by atoms with Gasteiger partial charge in [-0.1, -0.05) is 12.8 Å². The number of carbonyl (C=O) groups excluding carboxylic acids is 1. The molecule has 1 aliphatic rings. The van der Waals surface area contributed by atoms with Gasteiger partial charge in [-0.2, -0.15) is 0 Å². The lowest BCUT2D eigenvalue weighted by Gasteiger charge is -2.15. The molecule has 1 fully saturated rings. The smallest absolute Gasteiger partial charge is 0.270 e. The van der Waals surface area contributed by atoms with E-state index in [1.54, 1.807) is 6.07 Å². The van der Waals surface area contributed by atoms with E-state index in [4.69, 9.17) is 5.73 Å². The normalized spacial score (nSPS) is 15.6. The third-order valence-corrected chi connectivity index (χ3v) is 3.19. The van der Waals surface area contributed by atoms with Crippen molar-refractivity contribution in [3.8, 4) is 0 Å². The first-order chi connectivity index (χ1) is 8.58. The minimum atomic E-state index is -0.654. The van der Waals surface area contributed by atoms with Crippen LogP contribution in [0.15, 0.2) is 18.2 Å². The van der Waals surface area contributed by atoms with E-state index in [9.17, 15) is 14.9 Å². The van der Waals surface area contributed by atoms with Gasteiger partial charge in [-0.25, -0.2) is 0 Å². The molecule has 1 aliphatic carbocycles. The van der Waals surface area contributed by atoms with Crippen LogP contribution in [-0.4, -0.2) is 16.9 Å². The second-order valence-corrected chi connectivity index (χ2v) is 4.48. The number of carbonyl (C=O) groups is 1. The first-order valence-corrected chi connectivity index (χ1v) is 5.92. The summed E-state index contributed by atoms with van der Waals surface area (Å²) in [7, 11) is 0. The monoisotopic (exact) mass is 249 g/mol. The molecule has 1 aromatic carbocycles. The Labute approximate surface area is 104 Å². The second-order valence-electron chi connectivity index (χ2n) is 4.48. The number of nitro groups is 1. The number of rotatable bonds is 4. The molecule has 0 aliphatic heterocycles. The zero-order chi connectivity index (χ0) is 13.1. The van der Waals surface area contributed by atoms with Crippen LogP contribution in [0.2, 0.25) is 0 Å². The topological polar surface area (TPSA) is 98.3 Å². The summed E-state index contributed by atoms with van der Waals surface area (Å²) in [5.74, 6) is -0.654. The van der Waals surface area contributed by atoms with Crippen LogP contribution in [0, 0.1) is 10.1 Å². The molecule has 0 spiro atoms. The summed E-state index contributed by atoms with van der Waals surface area (Å²) in [5, 5.41) is 13.9. The lowest BCUT2D eigenvalue weighted by atomic mass is 10.1. The fraction of sp³-hybridized carbons (Fsp3) is 0.417. The minimum Gasteiger partial charge on any atom is -0.382 e. The highest BCUT2D eigenvalue weighted by Gasteiger charge is 2.19. The molecule has 0 atom stereocenters. The van der Waals surface area contributed by atoms with Gasteiger partial charge in [-0.15, -0.1) is 0 Å². The number of anilines is 1. The van der Waals surface area contributed by atoms with Gasteiger partial charge in [-0.05, 0) is 18.9 Å². The quantitative estimate of drug-likeness (QED) is 0.630. The van der Waals surface area contributed by atoms with Crippen molar-refractivity contribution in [1.29, 1.82) is 0 Å². The van der Waals surface area contributed by atoms with Gasteiger partial charge in [0.05, 0.1) is 10.5 Å². The molecule has 0 bridgehead atoms. The number of nitrogens with one attached hydrogen (secondary N) is 1. The van der Waals surface area contributed by atoms with E-state index in [0.717, 1.165) is 25.7 Å². The number of hydrogen-bond donors (Lipinski definition) is 2. The number of nitro benzene ring substituents is 1. The van der Waals surface area contributed by atoms with Crippen LogP contribution in [0.25, 0.3) is 0 Å². The van der Waals surface area contributed by atoms with Crippen molar-refractivity contribution >= 4 is 17.3 Å². The molecule has 2 rings (SSSR count). The third kappa shape index (κ3) is 2.58. The largest absolute Gasteiger partial charge is 0.382 e. The Kier molecular flexibility index (Phi) is 3.45. The molecule has 0 heterocycles. The van der Waals surface area contributed by atoms with Crippen molar-refractivity contribution in [3.05, 3.63) is 33.9 Å². The van der Waals surface area contributed by atoms with E-state index in [2.05, 4.69) is 5.32 Å². The molecule has 1 saturated carbocycles. The number of nitrogens with two attached hydrogens (primary N) is 1. The van der Waals surface area contributed by atoms with Crippen molar-refractivity contribution in [1.82, 2.24) is 0 Å². The van der Waals surface area contributed by atoms with Gasteiger partial charge in [0.15, 0.2) is 0 Å². The Balaban J connectivity index is 2.28. The highest BCUT2D eigenvalue weighted by molar-refractivity contribution is 5.99. The van der Waals surface area contributed by atoms with Crippen LogP contribution >= 0.6 is 0 Å². The first-order valence-electron chi connectivity index (χ1n) is 5.92. The summed E-state index contributed by atoms with van der Waals surface area (Å²) in [6, 6.07) is 4.48. The van der Waals surface area contributed by atoms with Gasteiger partial charge >= 0.3 is 0 Å². The number of nitrogens with zero attached hydrogens (tertiary/aromatic N) is 1. The first kappa shape index (κ1) is 12.3. The SMILES string of the molecule is NC(=O)c1cc([N+](=O)[O-])ccc1NC1CCCC1. The van der Waals surface area contributed by atoms with E-state index in [0.29, 0.717) is 11.7 Å². The van der Waals surface area contributed by atoms with Crippen LogP contribution in [0.4, 0.5) is 11.4 Å². The maximum atomic E-state index is 11.3. The summed E-state index contributed by atoms with van der Waals surface area (Å²) in [5.41, 5.74) is 5.89. The standard InChI is InChI=1S/C12H15N3O3/c13-12(16)10-7-9(15(17)18)5-6-11(10)14-8-3-1-2-4-8/h5-8,14H,1-4H2,(H2,13,16). The summed E-state index contributed by atoms with van der Waals surface area (Å²) in [6.07, 6.45) is 4.43. The summed E-state index contributed by atoms with van der Waals surface area (Å²) in [6.45, 7) is 0. The van der Waals surface area contributed by atoms with Crippen molar-refractivity contribution in [2.24, 2.45) is 5.73 Å². The predicted octanol–water partition coefficient (Wildman–Crippen LogP) is 2.05. The molecule has 0 aromatic heterocycles. The Bertz CT molecular complexity index is 481. The fourth-order valence-electron chi connectivity index (χ4n) is 2.27. The molecular formula is C12H15N3O3. The summed E-state index contributed by atoms with van der Waals surface area (Å²) < 4.78 is 0. The zero-order valence-electron chi connectivity index (χ0n) is 9.89. The Morgan fingerprint density at radius 3 is 2.61 bits per heavy atom. The van der Waals surface area contributed by atoms with Crippen LogP contribution < -0.4 is 11.1 Å². The molecule has 0 saturated heterocycles. The number of amides is 1. The molecule has 1 aromatic rings. The third-order valence-electron chi connectivity index (χ3n) is 3.19. The van der Waals surface area contributed by atoms with E-state index in [1.165, 1.54) is 12.1 Å². The molecule has 0 unspecified atom stereocenters. The highest BCUT2D eigenvalue weighted by Crippen LogP contribution is 2.26. The molecular weight excluding hydrogens is 234 g/mol. The average Bonchev–Trinajstić information content (AvgIpc) is 2.81. The number of primary amides is 1. The Hall–Kier alpha value is -2.11. The molecule has 96 valence electrons. The summed E-state index contributed by atoms with van der Waals surface area (Å²) in [4.78, 5) is 21.5. The van der Waals surface area contributed by atoms with Crippen LogP contribution in [0.5, 0.6) is 0 Å². The minimum absolute atomic E-state index is 0.124. The predicted molar refractivity (Wildman–Crippen MR) is 67.5 cm³/mol. The molecule has 0 radical (unpaired) electrons. The van der Waals surface area contributed by atoms with Crippen molar-refractivity contribution < 1.29 is 9.72 Å². The van der Waals surface area contributed by atoms with Gasteiger partial charge in [0.1, 0.15) is 0 Å². The maximum absolute atomic E-state index is 11.3. The second kappa shape index (κ2) is 5.03. The van der Waals surface area contributed by atoms with Gasteiger partial charge in [0, 0.05) is 23.9 Å². The number of hydrogen-bond acceptors (Lipinski definition) is 4.